The van der Waals surface area contributed by atoms with Gasteiger partial charge in [0.25, 0.3) is 0 Å². The number of aliphatic hydroxyl groups excluding tert-OH is 1. The van der Waals surface area contributed by atoms with E-state index in [4.69, 9.17) is 4.98 Å². The minimum absolute atomic E-state index is 0.492. The number of rotatable bonds is 2. The van der Waals surface area contributed by atoms with E-state index in [-0.39, 0.29) is 0 Å². The third-order valence-corrected chi connectivity index (χ3v) is 4.60. The molecule has 0 fully saturated rings. The van der Waals surface area contributed by atoms with Crippen molar-refractivity contribution in [3.05, 3.63) is 71.2 Å². The zero-order valence-electron chi connectivity index (χ0n) is 14.3. The number of aliphatic hydroxyl groups is 1. The molecule has 3 heterocycles. The second-order valence-electron chi connectivity index (χ2n) is 6.42. The van der Waals surface area contributed by atoms with E-state index in [1.165, 1.54) is 0 Å². The molecule has 0 radical (unpaired) electrons. The van der Waals surface area contributed by atoms with Crippen LogP contribution in [0.5, 0.6) is 0 Å². The standard InChI is InChI=1S/C20H20N4O/c1-13-7-8-16(14(2)22-13)18-9-10-21-20(23-18)24-11-15-5-3-4-6-17(15)19(25)12-24/h3-10,19,25H,11-12H2,1-2H3/t19-/m1/s1. The van der Waals surface area contributed by atoms with Crippen LogP contribution in [0.1, 0.15) is 28.6 Å². The summed E-state index contributed by atoms with van der Waals surface area (Å²) in [4.78, 5) is 15.7. The van der Waals surface area contributed by atoms with Crippen molar-refractivity contribution in [3.63, 3.8) is 0 Å². The lowest BCUT2D eigenvalue weighted by Gasteiger charge is -2.32. The fraction of sp³-hybridized carbons (Fsp3) is 0.250. The molecule has 5 heteroatoms. The van der Waals surface area contributed by atoms with Gasteiger partial charge in [0.05, 0.1) is 18.3 Å². The molecule has 0 aliphatic carbocycles. The highest BCUT2D eigenvalue weighted by molar-refractivity contribution is 5.63. The summed E-state index contributed by atoms with van der Waals surface area (Å²) in [7, 11) is 0. The molecule has 1 atom stereocenters. The molecule has 0 saturated heterocycles. The molecular weight excluding hydrogens is 312 g/mol. The van der Waals surface area contributed by atoms with Gasteiger partial charge < -0.3 is 10.0 Å². The molecule has 3 aromatic rings. The second kappa shape index (κ2) is 6.26. The fourth-order valence-corrected chi connectivity index (χ4v) is 3.34. The van der Waals surface area contributed by atoms with Crippen molar-refractivity contribution in [1.82, 2.24) is 15.0 Å². The van der Waals surface area contributed by atoms with Gasteiger partial charge in [0.2, 0.25) is 5.95 Å². The molecular formula is C20H20N4O. The maximum atomic E-state index is 10.4. The second-order valence-corrected chi connectivity index (χ2v) is 6.42. The van der Waals surface area contributed by atoms with Crippen molar-refractivity contribution in [2.45, 2.75) is 26.5 Å². The lowest BCUT2D eigenvalue weighted by atomic mass is 9.98. The number of fused-ring (bicyclic) bond motifs is 1. The maximum Gasteiger partial charge on any atom is 0.226 e. The molecule has 0 bridgehead atoms. The Hall–Kier alpha value is -2.79. The Kier molecular flexibility index (Phi) is 3.93. The lowest BCUT2D eigenvalue weighted by Crippen LogP contribution is -2.34. The van der Waals surface area contributed by atoms with Crippen LogP contribution in [0.2, 0.25) is 0 Å². The fourth-order valence-electron chi connectivity index (χ4n) is 3.34. The van der Waals surface area contributed by atoms with Crippen molar-refractivity contribution < 1.29 is 5.11 Å². The van der Waals surface area contributed by atoms with Gasteiger partial charge in [-0.2, -0.15) is 0 Å². The molecule has 1 aliphatic heterocycles. The molecule has 2 aromatic heterocycles. The number of hydrogen-bond acceptors (Lipinski definition) is 5. The van der Waals surface area contributed by atoms with Gasteiger partial charge in [0, 0.05) is 29.7 Å². The minimum atomic E-state index is -0.528. The first-order valence-electron chi connectivity index (χ1n) is 8.40. The first kappa shape index (κ1) is 15.7. The van der Waals surface area contributed by atoms with E-state index < -0.39 is 6.10 Å². The number of anilines is 1. The summed E-state index contributed by atoms with van der Waals surface area (Å²) in [6.07, 6.45) is 1.24. The van der Waals surface area contributed by atoms with E-state index in [1.54, 1.807) is 6.20 Å². The van der Waals surface area contributed by atoms with Gasteiger partial charge in [-0.05, 0) is 43.2 Å². The van der Waals surface area contributed by atoms with E-state index >= 15 is 0 Å². The number of pyridine rings is 1. The maximum absolute atomic E-state index is 10.4. The molecule has 1 aliphatic rings. The molecule has 0 saturated carbocycles. The van der Waals surface area contributed by atoms with Crippen LogP contribution in [0.3, 0.4) is 0 Å². The zero-order valence-corrected chi connectivity index (χ0v) is 14.3. The van der Waals surface area contributed by atoms with Gasteiger partial charge in [0.1, 0.15) is 0 Å². The van der Waals surface area contributed by atoms with Crippen LogP contribution >= 0.6 is 0 Å². The number of aromatic nitrogens is 3. The third kappa shape index (κ3) is 2.98. The Morgan fingerprint density at radius 2 is 1.88 bits per heavy atom. The number of hydrogen-bond donors (Lipinski definition) is 1. The van der Waals surface area contributed by atoms with E-state index in [9.17, 15) is 5.11 Å². The summed E-state index contributed by atoms with van der Waals surface area (Å²) >= 11 is 0. The number of nitrogens with zero attached hydrogens (tertiary/aromatic N) is 4. The molecule has 0 amide bonds. The molecule has 0 spiro atoms. The summed E-state index contributed by atoms with van der Waals surface area (Å²) in [5.41, 5.74) is 5.91. The summed E-state index contributed by atoms with van der Waals surface area (Å²) in [6.45, 7) is 5.16. The SMILES string of the molecule is Cc1ccc(-c2ccnc(N3Cc4ccccc4[C@H](O)C3)n2)c(C)n1. The Morgan fingerprint density at radius 3 is 2.72 bits per heavy atom. The van der Waals surface area contributed by atoms with Crippen LogP contribution in [0.15, 0.2) is 48.7 Å². The molecule has 126 valence electrons. The van der Waals surface area contributed by atoms with Gasteiger partial charge in [-0.3, -0.25) is 4.98 Å². The smallest absolute Gasteiger partial charge is 0.226 e. The van der Waals surface area contributed by atoms with Crippen LogP contribution < -0.4 is 4.90 Å². The largest absolute Gasteiger partial charge is 0.387 e. The third-order valence-electron chi connectivity index (χ3n) is 4.60. The topological polar surface area (TPSA) is 62.1 Å². The average molecular weight is 332 g/mol. The van der Waals surface area contributed by atoms with Crippen molar-refractivity contribution in [3.8, 4) is 11.3 Å². The van der Waals surface area contributed by atoms with E-state index in [1.807, 2.05) is 61.2 Å². The molecule has 1 aromatic carbocycles. The predicted molar refractivity (Wildman–Crippen MR) is 97.2 cm³/mol. The highest BCUT2D eigenvalue weighted by Crippen LogP contribution is 2.29. The molecule has 4 rings (SSSR count). The van der Waals surface area contributed by atoms with Crippen molar-refractivity contribution in [1.29, 1.82) is 0 Å². The molecule has 5 nitrogen and oxygen atoms in total. The van der Waals surface area contributed by atoms with Gasteiger partial charge >= 0.3 is 0 Å². The van der Waals surface area contributed by atoms with Crippen LogP contribution in [0.25, 0.3) is 11.3 Å². The van der Waals surface area contributed by atoms with Crippen molar-refractivity contribution in [2.75, 3.05) is 11.4 Å². The highest BCUT2D eigenvalue weighted by Gasteiger charge is 2.25. The number of benzene rings is 1. The van der Waals surface area contributed by atoms with Crippen LogP contribution in [0.4, 0.5) is 5.95 Å². The van der Waals surface area contributed by atoms with E-state index in [0.29, 0.717) is 19.0 Å². The first-order valence-corrected chi connectivity index (χ1v) is 8.40. The minimum Gasteiger partial charge on any atom is -0.387 e. The Balaban J connectivity index is 1.69. The number of β-amino-alcohol motifs (C(OH)–C–C–N with tert-alkyl or cyclic N) is 1. The van der Waals surface area contributed by atoms with Crippen LogP contribution in [0, 0.1) is 13.8 Å². The lowest BCUT2D eigenvalue weighted by molar-refractivity contribution is 0.175. The molecule has 25 heavy (non-hydrogen) atoms. The van der Waals surface area contributed by atoms with Crippen LogP contribution in [-0.4, -0.2) is 26.6 Å². The highest BCUT2D eigenvalue weighted by atomic mass is 16.3. The molecule has 1 N–H and O–H groups in total. The average Bonchev–Trinajstić information content (AvgIpc) is 2.62. The summed E-state index contributed by atoms with van der Waals surface area (Å²) in [5.74, 6) is 0.631. The Bertz CT molecular complexity index is 925. The zero-order chi connectivity index (χ0) is 17.4. The number of aryl methyl sites for hydroxylation is 2. The van der Waals surface area contributed by atoms with E-state index in [2.05, 4.69) is 9.97 Å². The summed E-state index contributed by atoms with van der Waals surface area (Å²) in [5, 5.41) is 10.4. The van der Waals surface area contributed by atoms with Crippen molar-refractivity contribution >= 4 is 5.95 Å². The Morgan fingerprint density at radius 1 is 1.04 bits per heavy atom. The van der Waals surface area contributed by atoms with Gasteiger partial charge in [-0.25, -0.2) is 9.97 Å². The summed E-state index contributed by atoms with van der Waals surface area (Å²) in [6, 6.07) is 13.9. The van der Waals surface area contributed by atoms with Gasteiger partial charge in [0.15, 0.2) is 0 Å². The predicted octanol–water partition coefficient (Wildman–Crippen LogP) is 3.21. The quantitative estimate of drug-likeness (QED) is 0.781. The molecule has 0 unspecified atom stereocenters. The van der Waals surface area contributed by atoms with E-state index in [0.717, 1.165) is 33.8 Å². The van der Waals surface area contributed by atoms with Crippen molar-refractivity contribution in [2.24, 2.45) is 0 Å². The van der Waals surface area contributed by atoms with Gasteiger partial charge in [-0.15, -0.1) is 0 Å². The van der Waals surface area contributed by atoms with Gasteiger partial charge in [-0.1, -0.05) is 24.3 Å². The monoisotopic (exact) mass is 332 g/mol. The van der Waals surface area contributed by atoms with Crippen LogP contribution in [-0.2, 0) is 6.54 Å². The summed E-state index contributed by atoms with van der Waals surface area (Å²) < 4.78 is 0. The first-order chi connectivity index (χ1) is 12.1. The normalized spacial score (nSPS) is 16.6. The Labute approximate surface area is 147 Å².